The minimum Gasteiger partial charge on any atom is -0.381 e. The van der Waals surface area contributed by atoms with E-state index in [1.54, 1.807) is 0 Å². The maximum atomic E-state index is 5.27. The van der Waals surface area contributed by atoms with Crippen molar-refractivity contribution in [3.63, 3.8) is 0 Å². The predicted octanol–water partition coefficient (Wildman–Crippen LogP) is 3.41. The SMILES string of the molecule is CCCCCCC(CI)OC. The molecule has 0 bridgehead atoms. The monoisotopic (exact) mass is 270 g/mol. The molecular weight excluding hydrogens is 251 g/mol. The van der Waals surface area contributed by atoms with Crippen molar-refractivity contribution in [1.29, 1.82) is 0 Å². The molecule has 11 heavy (non-hydrogen) atoms. The summed E-state index contributed by atoms with van der Waals surface area (Å²) < 4.78 is 6.40. The highest BCUT2D eigenvalue weighted by Gasteiger charge is 2.02. The molecule has 0 rings (SSSR count). The average molecular weight is 270 g/mol. The first-order valence-electron chi connectivity index (χ1n) is 4.43. The zero-order valence-corrected chi connectivity index (χ0v) is 9.76. The molecule has 0 aromatic rings. The van der Waals surface area contributed by atoms with Crippen molar-refractivity contribution in [1.82, 2.24) is 0 Å². The molecule has 0 amide bonds. The van der Waals surface area contributed by atoms with E-state index in [0.29, 0.717) is 6.10 Å². The van der Waals surface area contributed by atoms with Crippen LogP contribution in [-0.2, 0) is 4.74 Å². The number of halogens is 1. The third kappa shape index (κ3) is 7.06. The Morgan fingerprint density at radius 2 is 2.00 bits per heavy atom. The highest BCUT2D eigenvalue weighted by molar-refractivity contribution is 14.1. The van der Waals surface area contributed by atoms with Crippen molar-refractivity contribution >= 4 is 22.6 Å². The molecule has 1 nitrogen and oxygen atoms in total. The quantitative estimate of drug-likeness (QED) is 0.391. The Hall–Kier alpha value is 0.690. The molecule has 0 saturated carbocycles. The highest BCUT2D eigenvalue weighted by Crippen LogP contribution is 2.09. The molecule has 0 aliphatic carbocycles. The number of rotatable bonds is 7. The van der Waals surface area contributed by atoms with Gasteiger partial charge in [-0.05, 0) is 6.42 Å². The van der Waals surface area contributed by atoms with Crippen LogP contribution in [0.5, 0.6) is 0 Å². The van der Waals surface area contributed by atoms with Gasteiger partial charge in [0.1, 0.15) is 0 Å². The lowest BCUT2D eigenvalue weighted by molar-refractivity contribution is 0.114. The van der Waals surface area contributed by atoms with Crippen LogP contribution in [-0.4, -0.2) is 17.6 Å². The molecular formula is C9H19IO. The molecule has 0 heterocycles. The van der Waals surface area contributed by atoms with Gasteiger partial charge in [0.25, 0.3) is 0 Å². The third-order valence-corrected chi connectivity index (χ3v) is 2.87. The van der Waals surface area contributed by atoms with Gasteiger partial charge in [0.15, 0.2) is 0 Å². The molecule has 0 aliphatic rings. The van der Waals surface area contributed by atoms with Crippen LogP contribution < -0.4 is 0 Å². The standard InChI is InChI=1S/C9H19IO/c1-3-4-5-6-7-9(8-10)11-2/h9H,3-8H2,1-2H3. The van der Waals surface area contributed by atoms with Gasteiger partial charge in [0, 0.05) is 11.5 Å². The van der Waals surface area contributed by atoms with Crippen LogP contribution >= 0.6 is 22.6 Å². The Kier molecular flexibility index (Phi) is 9.33. The summed E-state index contributed by atoms with van der Waals surface area (Å²) in [4.78, 5) is 0. The first-order chi connectivity index (χ1) is 5.35. The molecule has 0 radical (unpaired) electrons. The maximum Gasteiger partial charge on any atom is 0.0660 e. The summed E-state index contributed by atoms with van der Waals surface area (Å²) in [7, 11) is 1.81. The van der Waals surface area contributed by atoms with Gasteiger partial charge in [-0.2, -0.15) is 0 Å². The first-order valence-corrected chi connectivity index (χ1v) is 5.96. The van der Waals surface area contributed by atoms with Gasteiger partial charge in [-0.15, -0.1) is 0 Å². The zero-order valence-electron chi connectivity index (χ0n) is 7.61. The molecule has 0 aromatic carbocycles. The number of ether oxygens (including phenoxy) is 1. The van der Waals surface area contributed by atoms with Crippen molar-refractivity contribution in [3.05, 3.63) is 0 Å². The Morgan fingerprint density at radius 3 is 2.45 bits per heavy atom. The molecule has 2 heteroatoms. The smallest absolute Gasteiger partial charge is 0.0660 e. The highest BCUT2D eigenvalue weighted by atomic mass is 127. The topological polar surface area (TPSA) is 9.23 Å². The number of alkyl halides is 1. The molecule has 0 spiro atoms. The third-order valence-electron chi connectivity index (χ3n) is 1.89. The zero-order chi connectivity index (χ0) is 8.53. The first kappa shape index (κ1) is 11.7. The van der Waals surface area contributed by atoms with Crippen molar-refractivity contribution in [2.24, 2.45) is 0 Å². The van der Waals surface area contributed by atoms with Gasteiger partial charge >= 0.3 is 0 Å². The Morgan fingerprint density at radius 1 is 1.27 bits per heavy atom. The van der Waals surface area contributed by atoms with E-state index < -0.39 is 0 Å². The van der Waals surface area contributed by atoms with E-state index in [4.69, 9.17) is 4.74 Å². The second-order valence-electron chi connectivity index (χ2n) is 2.86. The normalized spacial score (nSPS) is 13.4. The van der Waals surface area contributed by atoms with Crippen LogP contribution in [0.4, 0.5) is 0 Å². The minimum absolute atomic E-state index is 0.493. The summed E-state index contributed by atoms with van der Waals surface area (Å²) in [6.45, 7) is 2.24. The van der Waals surface area contributed by atoms with Crippen LogP contribution in [0.15, 0.2) is 0 Å². The fraction of sp³-hybridized carbons (Fsp3) is 1.00. The second kappa shape index (κ2) is 8.78. The van der Waals surface area contributed by atoms with Gasteiger partial charge in [-0.3, -0.25) is 0 Å². The van der Waals surface area contributed by atoms with Crippen LogP contribution in [0.3, 0.4) is 0 Å². The van der Waals surface area contributed by atoms with Crippen LogP contribution in [0, 0.1) is 0 Å². The molecule has 1 unspecified atom stereocenters. The van der Waals surface area contributed by atoms with Gasteiger partial charge in [-0.1, -0.05) is 55.2 Å². The fourth-order valence-electron chi connectivity index (χ4n) is 1.06. The molecule has 0 aliphatic heterocycles. The van der Waals surface area contributed by atoms with E-state index in [1.165, 1.54) is 32.1 Å². The Balaban J connectivity index is 3.07. The number of hydrogen-bond acceptors (Lipinski definition) is 1. The molecule has 0 fully saturated rings. The second-order valence-corrected chi connectivity index (χ2v) is 3.74. The minimum atomic E-state index is 0.493. The molecule has 0 N–H and O–H groups in total. The summed E-state index contributed by atoms with van der Waals surface area (Å²) >= 11 is 2.39. The van der Waals surface area contributed by atoms with Crippen molar-refractivity contribution < 1.29 is 4.74 Å². The van der Waals surface area contributed by atoms with Crippen LogP contribution in [0.25, 0.3) is 0 Å². The van der Waals surface area contributed by atoms with Gasteiger partial charge < -0.3 is 4.74 Å². The Labute approximate surface area is 84.0 Å². The van der Waals surface area contributed by atoms with Crippen LogP contribution in [0.1, 0.15) is 39.0 Å². The summed E-state index contributed by atoms with van der Waals surface area (Å²) in [6.07, 6.45) is 7.12. The van der Waals surface area contributed by atoms with E-state index in [-0.39, 0.29) is 0 Å². The van der Waals surface area contributed by atoms with Crippen molar-refractivity contribution in [3.8, 4) is 0 Å². The molecule has 0 aromatic heterocycles. The fourth-order valence-corrected chi connectivity index (χ4v) is 1.86. The summed E-state index contributed by atoms with van der Waals surface area (Å²) in [6, 6.07) is 0. The lowest BCUT2D eigenvalue weighted by Crippen LogP contribution is -2.11. The lowest BCUT2D eigenvalue weighted by atomic mass is 10.1. The Bertz CT molecular complexity index is 72.0. The van der Waals surface area contributed by atoms with Gasteiger partial charge in [0.2, 0.25) is 0 Å². The van der Waals surface area contributed by atoms with E-state index in [1.807, 2.05) is 7.11 Å². The van der Waals surface area contributed by atoms with Gasteiger partial charge in [0.05, 0.1) is 6.10 Å². The largest absolute Gasteiger partial charge is 0.381 e. The molecule has 68 valence electrons. The molecule has 1 atom stereocenters. The average Bonchev–Trinajstić information content (AvgIpc) is 2.05. The molecule has 0 saturated heterocycles. The van der Waals surface area contributed by atoms with Crippen molar-refractivity contribution in [2.75, 3.05) is 11.5 Å². The summed E-state index contributed by atoms with van der Waals surface area (Å²) in [5.74, 6) is 0. The summed E-state index contributed by atoms with van der Waals surface area (Å²) in [5.41, 5.74) is 0. The van der Waals surface area contributed by atoms with Crippen LogP contribution in [0.2, 0.25) is 0 Å². The van der Waals surface area contributed by atoms with E-state index >= 15 is 0 Å². The maximum absolute atomic E-state index is 5.27. The number of unbranched alkanes of at least 4 members (excludes halogenated alkanes) is 3. The van der Waals surface area contributed by atoms with E-state index in [9.17, 15) is 0 Å². The van der Waals surface area contributed by atoms with Gasteiger partial charge in [-0.25, -0.2) is 0 Å². The van der Waals surface area contributed by atoms with E-state index in [2.05, 4.69) is 29.5 Å². The number of hydrogen-bond donors (Lipinski definition) is 0. The number of methoxy groups -OCH3 is 1. The lowest BCUT2D eigenvalue weighted by Gasteiger charge is -2.10. The van der Waals surface area contributed by atoms with Crippen molar-refractivity contribution in [2.45, 2.75) is 45.1 Å². The summed E-state index contributed by atoms with van der Waals surface area (Å²) in [5, 5.41) is 0. The predicted molar refractivity (Wildman–Crippen MR) is 58.4 cm³/mol. The van der Waals surface area contributed by atoms with E-state index in [0.717, 1.165) is 4.43 Å².